The van der Waals surface area contributed by atoms with Gasteiger partial charge in [0, 0.05) is 5.69 Å². The first kappa shape index (κ1) is 19.0. The van der Waals surface area contributed by atoms with Gasteiger partial charge < -0.3 is 5.32 Å². The maximum atomic E-state index is 13.4. The second-order valence-corrected chi connectivity index (χ2v) is 7.36. The molecule has 0 saturated carbocycles. The van der Waals surface area contributed by atoms with E-state index in [0.717, 1.165) is 21.7 Å². The molecule has 0 atom stereocenters. The van der Waals surface area contributed by atoms with E-state index >= 15 is 0 Å². The van der Waals surface area contributed by atoms with E-state index in [9.17, 15) is 9.59 Å². The second kappa shape index (κ2) is 7.57. The van der Waals surface area contributed by atoms with E-state index in [2.05, 4.69) is 5.32 Å². The standard InChI is InChI=1S/C24H19ClN2O2/c1-15-12-13-19(16(2)14-15)26-22-21(17-8-4-3-5-9-17)23(28)27(24(22)29)20-11-7-6-10-18(20)25/h3-14,26H,1-2H3. The summed E-state index contributed by atoms with van der Waals surface area (Å²) in [7, 11) is 0. The molecule has 29 heavy (non-hydrogen) atoms. The molecule has 0 aliphatic carbocycles. The quantitative estimate of drug-likeness (QED) is 0.598. The molecule has 3 aromatic carbocycles. The number of hydrogen-bond donors (Lipinski definition) is 1. The normalized spacial score (nSPS) is 14.0. The van der Waals surface area contributed by atoms with Crippen LogP contribution in [0, 0.1) is 13.8 Å². The molecule has 1 aliphatic heterocycles. The first-order chi connectivity index (χ1) is 14.0. The van der Waals surface area contributed by atoms with Crippen molar-refractivity contribution in [1.82, 2.24) is 0 Å². The third-order valence-corrected chi connectivity index (χ3v) is 5.20. The summed E-state index contributed by atoms with van der Waals surface area (Å²) < 4.78 is 0. The summed E-state index contributed by atoms with van der Waals surface area (Å²) >= 11 is 6.29. The summed E-state index contributed by atoms with van der Waals surface area (Å²) in [5, 5.41) is 3.55. The lowest BCUT2D eigenvalue weighted by molar-refractivity contribution is -0.120. The Morgan fingerprint density at radius 2 is 1.52 bits per heavy atom. The molecule has 1 heterocycles. The lowest BCUT2D eigenvalue weighted by Crippen LogP contribution is -2.32. The largest absolute Gasteiger partial charge is 0.350 e. The van der Waals surface area contributed by atoms with Gasteiger partial charge in [0.2, 0.25) is 0 Å². The fourth-order valence-corrected chi connectivity index (χ4v) is 3.68. The molecule has 0 fully saturated rings. The van der Waals surface area contributed by atoms with E-state index in [-0.39, 0.29) is 5.70 Å². The van der Waals surface area contributed by atoms with Crippen molar-refractivity contribution in [2.45, 2.75) is 13.8 Å². The monoisotopic (exact) mass is 402 g/mol. The Kier molecular flexibility index (Phi) is 4.95. The number of carbonyl (C=O) groups excluding carboxylic acids is 2. The maximum absolute atomic E-state index is 13.4. The highest BCUT2D eigenvalue weighted by atomic mass is 35.5. The van der Waals surface area contributed by atoms with Crippen molar-refractivity contribution in [1.29, 1.82) is 0 Å². The van der Waals surface area contributed by atoms with Gasteiger partial charge in [-0.2, -0.15) is 0 Å². The number of aryl methyl sites for hydroxylation is 2. The Balaban J connectivity index is 1.85. The predicted molar refractivity (Wildman–Crippen MR) is 117 cm³/mol. The number of para-hydroxylation sites is 1. The van der Waals surface area contributed by atoms with E-state index in [1.807, 2.05) is 62.4 Å². The Morgan fingerprint density at radius 3 is 2.21 bits per heavy atom. The number of imide groups is 1. The van der Waals surface area contributed by atoms with Crippen LogP contribution in [-0.4, -0.2) is 11.8 Å². The van der Waals surface area contributed by atoms with Crippen LogP contribution in [0.5, 0.6) is 0 Å². The highest BCUT2D eigenvalue weighted by Gasteiger charge is 2.41. The van der Waals surface area contributed by atoms with Crippen LogP contribution in [0.1, 0.15) is 16.7 Å². The van der Waals surface area contributed by atoms with Gasteiger partial charge in [0.25, 0.3) is 11.8 Å². The van der Waals surface area contributed by atoms with Crippen molar-refractivity contribution in [2.75, 3.05) is 10.2 Å². The van der Waals surface area contributed by atoms with Gasteiger partial charge >= 0.3 is 0 Å². The number of amides is 2. The van der Waals surface area contributed by atoms with Crippen LogP contribution in [0.2, 0.25) is 5.02 Å². The van der Waals surface area contributed by atoms with Crippen molar-refractivity contribution >= 4 is 40.4 Å². The minimum Gasteiger partial charge on any atom is -0.350 e. The fourth-order valence-electron chi connectivity index (χ4n) is 3.46. The molecule has 0 saturated heterocycles. The smallest absolute Gasteiger partial charge is 0.282 e. The van der Waals surface area contributed by atoms with Gasteiger partial charge in [0.1, 0.15) is 5.70 Å². The second-order valence-electron chi connectivity index (χ2n) is 6.96. The minimum atomic E-state index is -0.429. The van der Waals surface area contributed by atoms with Crippen molar-refractivity contribution in [2.24, 2.45) is 0 Å². The summed E-state index contributed by atoms with van der Waals surface area (Å²) in [6, 6.07) is 21.9. The molecular formula is C24H19ClN2O2. The molecular weight excluding hydrogens is 384 g/mol. The zero-order valence-corrected chi connectivity index (χ0v) is 16.8. The third kappa shape index (κ3) is 3.43. The van der Waals surface area contributed by atoms with E-state index < -0.39 is 11.8 Å². The molecule has 0 radical (unpaired) electrons. The van der Waals surface area contributed by atoms with Crippen LogP contribution in [0.4, 0.5) is 11.4 Å². The van der Waals surface area contributed by atoms with Crippen LogP contribution >= 0.6 is 11.6 Å². The molecule has 2 amide bonds. The number of nitrogens with zero attached hydrogens (tertiary/aromatic N) is 1. The Bertz CT molecular complexity index is 1150. The molecule has 0 unspecified atom stereocenters. The molecule has 0 bridgehead atoms. The van der Waals surface area contributed by atoms with Gasteiger partial charge in [0.05, 0.1) is 16.3 Å². The van der Waals surface area contributed by atoms with Gasteiger partial charge in [-0.1, -0.05) is 71.8 Å². The molecule has 0 aromatic heterocycles. The van der Waals surface area contributed by atoms with E-state index in [0.29, 0.717) is 21.8 Å². The van der Waals surface area contributed by atoms with Crippen molar-refractivity contribution < 1.29 is 9.59 Å². The van der Waals surface area contributed by atoms with E-state index in [4.69, 9.17) is 11.6 Å². The zero-order chi connectivity index (χ0) is 20.5. The maximum Gasteiger partial charge on any atom is 0.282 e. The van der Waals surface area contributed by atoms with Crippen molar-refractivity contribution in [3.8, 4) is 0 Å². The Hall–Kier alpha value is -3.37. The van der Waals surface area contributed by atoms with Gasteiger partial charge in [-0.15, -0.1) is 0 Å². The molecule has 144 valence electrons. The van der Waals surface area contributed by atoms with Crippen LogP contribution in [0.25, 0.3) is 5.57 Å². The molecule has 4 nitrogen and oxygen atoms in total. The van der Waals surface area contributed by atoms with Crippen LogP contribution in [-0.2, 0) is 9.59 Å². The summed E-state index contributed by atoms with van der Waals surface area (Å²) in [6.45, 7) is 3.97. The van der Waals surface area contributed by atoms with Gasteiger partial charge in [-0.25, -0.2) is 4.90 Å². The van der Waals surface area contributed by atoms with Gasteiger partial charge in [0.15, 0.2) is 0 Å². The molecule has 5 heteroatoms. The zero-order valence-electron chi connectivity index (χ0n) is 16.1. The lowest BCUT2D eigenvalue weighted by Gasteiger charge is -2.17. The molecule has 1 aliphatic rings. The first-order valence-electron chi connectivity index (χ1n) is 9.24. The summed E-state index contributed by atoms with van der Waals surface area (Å²) in [4.78, 5) is 27.9. The van der Waals surface area contributed by atoms with Crippen molar-refractivity contribution in [3.63, 3.8) is 0 Å². The number of hydrogen-bond acceptors (Lipinski definition) is 3. The summed E-state index contributed by atoms with van der Waals surface area (Å²) in [5.74, 6) is -0.830. The Morgan fingerprint density at radius 1 is 0.828 bits per heavy atom. The topological polar surface area (TPSA) is 49.4 Å². The first-order valence-corrected chi connectivity index (χ1v) is 9.62. The molecule has 4 rings (SSSR count). The SMILES string of the molecule is Cc1ccc(NC2=C(c3ccccc3)C(=O)N(c3ccccc3Cl)C2=O)c(C)c1. The minimum absolute atomic E-state index is 0.244. The van der Waals surface area contributed by atoms with Crippen molar-refractivity contribution in [3.05, 3.63) is 100 Å². The number of halogens is 1. The summed E-state index contributed by atoms with van der Waals surface area (Å²) in [5.41, 5.74) is 4.51. The number of nitrogens with one attached hydrogen (secondary N) is 1. The van der Waals surface area contributed by atoms with Crippen LogP contribution in [0.3, 0.4) is 0 Å². The predicted octanol–water partition coefficient (Wildman–Crippen LogP) is 5.35. The lowest BCUT2D eigenvalue weighted by atomic mass is 10.0. The number of anilines is 2. The number of benzene rings is 3. The molecule has 3 aromatic rings. The van der Waals surface area contributed by atoms with E-state index in [1.165, 1.54) is 0 Å². The third-order valence-electron chi connectivity index (χ3n) is 4.88. The summed E-state index contributed by atoms with van der Waals surface area (Å²) in [6.07, 6.45) is 0. The molecule has 0 spiro atoms. The number of rotatable bonds is 4. The number of carbonyl (C=O) groups is 2. The molecule has 1 N–H and O–H groups in total. The average molecular weight is 403 g/mol. The highest BCUT2D eigenvalue weighted by Crippen LogP contribution is 2.36. The fraction of sp³-hybridized carbons (Fsp3) is 0.0833. The van der Waals surface area contributed by atoms with E-state index in [1.54, 1.807) is 24.3 Å². The highest BCUT2D eigenvalue weighted by molar-refractivity contribution is 6.48. The van der Waals surface area contributed by atoms with Crippen LogP contribution < -0.4 is 10.2 Å². The van der Waals surface area contributed by atoms with Gasteiger partial charge in [-0.3, -0.25) is 9.59 Å². The average Bonchev–Trinajstić information content (AvgIpc) is 2.95. The Labute approximate surface area is 174 Å². The van der Waals surface area contributed by atoms with Crippen LogP contribution in [0.15, 0.2) is 78.5 Å². The van der Waals surface area contributed by atoms with Gasteiger partial charge in [-0.05, 0) is 43.2 Å².